The third-order valence-electron chi connectivity index (χ3n) is 5.58. The summed E-state index contributed by atoms with van der Waals surface area (Å²) in [7, 11) is 0. The summed E-state index contributed by atoms with van der Waals surface area (Å²) >= 11 is 5.86. The molecule has 0 aliphatic carbocycles. The SMILES string of the molecule is O=C(Nc1ccc(Cl)cn1)c1ccccc1NCC1CCN(Cc2ccncc2)CC1. The van der Waals surface area contributed by atoms with Gasteiger partial charge >= 0.3 is 0 Å². The molecule has 1 fully saturated rings. The molecule has 1 aliphatic heterocycles. The largest absolute Gasteiger partial charge is 0.384 e. The Bertz CT molecular complexity index is 988. The summed E-state index contributed by atoms with van der Waals surface area (Å²) in [5.74, 6) is 0.874. The van der Waals surface area contributed by atoms with Crippen LogP contribution in [0.5, 0.6) is 0 Å². The fraction of sp³-hybridized carbons (Fsp3) is 0.292. The summed E-state index contributed by atoms with van der Waals surface area (Å²) in [6, 6.07) is 15.1. The van der Waals surface area contributed by atoms with E-state index in [1.165, 1.54) is 11.8 Å². The maximum absolute atomic E-state index is 12.8. The molecule has 1 amide bonds. The first-order chi connectivity index (χ1) is 15.2. The Hall–Kier alpha value is -2.96. The van der Waals surface area contributed by atoms with E-state index < -0.39 is 0 Å². The van der Waals surface area contributed by atoms with Gasteiger partial charge in [0.1, 0.15) is 5.82 Å². The highest BCUT2D eigenvalue weighted by Gasteiger charge is 2.20. The van der Waals surface area contributed by atoms with Gasteiger partial charge in [-0.1, -0.05) is 23.7 Å². The predicted molar refractivity (Wildman–Crippen MR) is 124 cm³/mol. The molecule has 0 bridgehead atoms. The Labute approximate surface area is 187 Å². The van der Waals surface area contributed by atoms with Gasteiger partial charge in [0.15, 0.2) is 0 Å². The van der Waals surface area contributed by atoms with E-state index in [0.29, 0.717) is 22.3 Å². The van der Waals surface area contributed by atoms with Crippen molar-refractivity contribution in [1.82, 2.24) is 14.9 Å². The number of nitrogens with one attached hydrogen (secondary N) is 2. The van der Waals surface area contributed by atoms with Crippen molar-refractivity contribution in [2.45, 2.75) is 19.4 Å². The highest BCUT2D eigenvalue weighted by Crippen LogP contribution is 2.22. The summed E-state index contributed by atoms with van der Waals surface area (Å²) in [6.07, 6.45) is 7.50. The number of piperidine rings is 1. The van der Waals surface area contributed by atoms with Crippen LogP contribution in [0, 0.1) is 5.92 Å². The first-order valence-electron chi connectivity index (χ1n) is 10.5. The van der Waals surface area contributed by atoms with E-state index in [1.54, 1.807) is 12.1 Å². The zero-order chi connectivity index (χ0) is 21.5. The van der Waals surface area contributed by atoms with E-state index in [2.05, 4.69) is 37.6 Å². The van der Waals surface area contributed by atoms with Crippen LogP contribution in [0.3, 0.4) is 0 Å². The highest BCUT2D eigenvalue weighted by molar-refractivity contribution is 6.30. The summed E-state index contributed by atoms with van der Waals surface area (Å²) in [4.78, 5) is 23.5. The molecule has 4 rings (SSSR count). The number of aromatic nitrogens is 2. The second-order valence-electron chi connectivity index (χ2n) is 7.82. The molecule has 1 saturated heterocycles. The van der Waals surface area contributed by atoms with Gasteiger partial charge in [-0.15, -0.1) is 0 Å². The number of hydrogen-bond acceptors (Lipinski definition) is 5. The van der Waals surface area contributed by atoms with Gasteiger partial charge in [-0.3, -0.25) is 14.7 Å². The van der Waals surface area contributed by atoms with Crippen molar-refractivity contribution >= 4 is 29.0 Å². The molecule has 3 aromatic rings. The van der Waals surface area contributed by atoms with Crippen LogP contribution in [0.1, 0.15) is 28.8 Å². The van der Waals surface area contributed by atoms with Gasteiger partial charge in [0.2, 0.25) is 0 Å². The van der Waals surface area contributed by atoms with Gasteiger partial charge in [0, 0.05) is 37.4 Å². The van der Waals surface area contributed by atoms with Crippen molar-refractivity contribution < 1.29 is 4.79 Å². The fourth-order valence-corrected chi connectivity index (χ4v) is 3.93. The Kier molecular flexibility index (Phi) is 7.12. The number of para-hydroxylation sites is 1. The highest BCUT2D eigenvalue weighted by atomic mass is 35.5. The molecule has 1 aromatic carbocycles. The van der Waals surface area contributed by atoms with E-state index in [-0.39, 0.29) is 5.91 Å². The van der Waals surface area contributed by atoms with Crippen LogP contribution in [0.25, 0.3) is 0 Å². The van der Waals surface area contributed by atoms with Crippen LogP contribution in [0.4, 0.5) is 11.5 Å². The molecule has 6 nitrogen and oxygen atoms in total. The molecule has 160 valence electrons. The Morgan fingerprint density at radius 2 is 1.84 bits per heavy atom. The monoisotopic (exact) mass is 435 g/mol. The number of carbonyl (C=O) groups excluding carboxylic acids is 1. The zero-order valence-corrected chi connectivity index (χ0v) is 18.1. The minimum Gasteiger partial charge on any atom is -0.384 e. The number of likely N-dealkylation sites (tertiary alicyclic amines) is 1. The zero-order valence-electron chi connectivity index (χ0n) is 17.3. The fourth-order valence-electron chi connectivity index (χ4n) is 3.82. The Morgan fingerprint density at radius 3 is 2.58 bits per heavy atom. The van der Waals surface area contributed by atoms with Gasteiger partial charge in [0.25, 0.3) is 5.91 Å². The number of hydrogen-bond donors (Lipinski definition) is 2. The molecule has 0 spiro atoms. The Balaban J connectivity index is 1.29. The summed E-state index contributed by atoms with van der Waals surface area (Å²) < 4.78 is 0. The van der Waals surface area contributed by atoms with Crippen molar-refractivity contribution in [3.8, 4) is 0 Å². The smallest absolute Gasteiger partial charge is 0.258 e. The molecular weight excluding hydrogens is 410 g/mol. The van der Waals surface area contributed by atoms with Crippen LogP contribution in [0.2, 0.25) is 5.02 Å². The maximum atomic E-state index is 12.8. The van der Waals surface area contributed by atoms with Gasteiger partial charge in [-0.05, 0) is 73.8 Å². The average Bonchev–Trinajstić information content (AvgIpc) is 2.81. The molecule has 2 N–H and O–H groups in total. The number of anilines is 2. The topological polar surface area (TPSA) is 70.2 Å². The number of pyridine rings is 2. The molecule has 7 heteroatoms. The van der Waals surface area contributed by atoms with Crippen LogP contribution in [0.15, 0.2) is 67.1 Å². The van der Waals surface area contributed by atoms with Crippen molar-refractivity contribution in [3.63, 3.8) is 0 Å². The lowest BCUT2D eigenvalue weighted by atomic mass is 9.96. The number of benzene rings is 1. The van der Waals surface area contributed by atoms with Crippen LogP contribution in [-0.2, 0) is 6.54 Å². The van der Waals surface area contributed by atoms with E-state index in [1.807, 2.05) is 36.7 Å². The summed E-state index contributed by atoms with van der Waals surface area (Å²) in [5.41, 5.74) is 2.75. The molecule has 0 radical (unpaired) electrons. The second-order valence-corrected chi connectivity index (χ2v) is 8.25. The standard InChI is InChI=1S/C24H26ClN5O/c25-20-5-6-23(28-16-20)29-24(31)21-3-1-2-4-22(21)27-15-18-9-13-30(14-10-18)17-19-7-11-26-12-8-19/h1-8,11-12,16,18,27H,9-10,13-15,17H2,(H,28,29,31). The number of carbonyl (C=O) groups is 1. The molecule has 3 heterocycles. The lowest BCUT2D eigenvalue weighted by Crippen LogP contribution is -2.35. The molecular formula is C24H26ClN5O. The van der Waals surface area contributed by atoms with Gasteiger partial charge in [0.05, 0.1) is 10.6 Å². The van der Waals surface area contributed by atoms with E-state index in [9.17, 15) is 4.79 Å². The number of halogens is 1. The number of nitrogens with zero attached hydrogens (tertiary/aromatic N) is 3. The van der Waals surface area contributed by atoms with Crippen molar-refractivity contribution in [1.29, 1.82) is 0 Å². The molecule has 0 saturated carbocycles. The first kappa shape index (κ1) is 21.3. The second kappa shape index (κ2) is 10.4. The molecule has 0 unspecified atom stereocenters. The molecule has 1 aliphatic rings. The normalized spacial score (nSPS) is 14.9. The molecule has 0 atom stereocenters. The average molecular weight is 436 g/mol. The number of rotatable bonds is 7. The third kappa shape index (κ3) is 6.03. The summed E-state index contributed by atoms with van der Waals surface area (Å²) in [5, 5.41) is 6.86. The lowest BCUT2D eigenvalue weighted by molar-refractivity contribution is 0.102. The van der Waals surface area contributed by atoms with Crippen LogP contribution >= 0.6 is 11.6 Å². The van der Waals surface area contributed by atoms with E-state index >= 15 is 0 Å². The van der Waals surface area contributed by atoms with E-state index in [4.69, 9.17) is 11.6 Å². The van der Waals surface area contributed by atoms with Crippen molar-refractivity contribution in [2.75, 3.05) is 30.3 Å². The van der Waals surface area contributed by atoms with Crippen molar-refractivity contribution in [3.05, 3.63) is 83.3 Å². The van der Waals surface area contributed by atoms with E-state index in [0.717, 1.165) is 44.7 Å². The first-order valence-corrected chi connectivity index (χ1v) is 10.9. The minimum absolute atomic E-state index is 0.190. The van der Waals surface area contributed by atoms with Crippen LogP contribution < -0.4 is 10.6 Å². The summed E-state index contributed by atoms with van der Waals surface area (Å²) in [6.45, 7) is 4.00. The minimum atomic E-state index is -0.190. The van der Waals surface area contributed by atoms with Gasteiger partial charge in [-0.25, -0.2) is 4.98 Å². The van der Waals surface area contributed by atoms with Gasteiger partial charge < -0.3 is 10.6 Å². The number of amides is 1. The molecule has 2 aromatic heterocycles. The van der Waals surface area contributed by atoms with Crippen molar-refractivity contribution in [2.24, 2.45) is 5.92 Å². The molecule has 31 heavy (non-hydrogen) atoms. The lowest BCUT2D eigenvalue weighted by Gasteiger charge is -2.32. The third-order valence-corrected chi connectivity index (χ3v) is 5.81. The predicted octanol–water partition coefficient (Wildman–Crippen LogP) is 4.71. The van der Waals surface area contributed by atoms with Gasteiger partial charge in [-0.2, -0.15) is 0 Å². The Morgan fingerprint density at radius 1 is 1.06 bits per heavy atom. The maximum Gasteiger partial charge on any atom is 0.258 e. The quantitative estimate of drug-likeness (QED) is 0.562. The van der Waals surface area contributed by atoms with Crippen LogP contribution in [-0.4, -0.2) is 40.4 Å².